The summed E-state index contributed by atoms with van der Waals surface area (Å²) in [6, 6.07) is 4.27. The number of nitro groups is 1. The molecule has 0 spiro atoms. The van der Waals surface area contributed by atoms with Gasteiger partial charge in [0.25, 0.3) is 5.69 Å². The van der Waals surface area contributed by atoms with E-state index < -0.39 is 4.92 Å². The molecule has 0 amide bonds. The molecule has 1 aromatic heterocycles. The Morgan fingerprint density at radius 1 is 1.50 bits per heavy atom. The number of thiophene rings is 1. The van der Waals surface area contributed by atoms with Crippen molar-refractivity contribution in [2.45, 2.75) is 0 Å². The lowest BCUT2D eigenvalue weighted by Crippen LogP contribution is -1.85. The minimum atomic E-state index is -0.509. The largest absolute Gasteiger partial charge is 0.505 e. The Hall–Kier alpha value is -1.33. The van der Waals surface area contributed by atoms with Gasteiger partial charge in [0.1, 0.15) is 4.34 Å². The van der Waals surface area contributed by atoms with Crippen LogP contribution < -0.4 is 0 Å². The Kier molecular flexibility index (Phi) is 2.05. The lowest BCUT2D eigenvalue weighted by atomic mass is 10.2. The molecule has 4 nitrogen and oxygen atoms in total. The number of nitrogens with zero attached hydrogens (tertiary/aromatic N) is 1. The molecule has 0 saturated heterocycles. The van der Waals surface area contributed by atoms with Crippen molar-refractivity contribution in [3.05, 3.63) is 32.6 Å². The normalized spacial score (nSPS) is 10.6. The second-order valence-electron chi connectivity index (χ2n) is 2.66. The van der Waals surface area contributed by atoms with Crippen LogP contribution in [0, 0.1) is 10.1 Å². The van der Waals surface area contributed by atoms with E-state index in [4.69, 9.17) is 11.6 Å². The quantitative estimate of drug-likeness (QED) is 0.603. The lowest BCUT2D eigenvalue weighted by Gasteiger charge is -1.91. The molecule has 0 aliphatic carbocycles. The molecule has 0 saturated carbocycles. The van der Waals surface area contributed by atoms with E-state index in [0.717, 1.165) is 4.70 Å². The van der Waals surface area contributed by atoms with Crippen molar-refractivity contribution in [3.8, 4) is 5.75 Å². The van der Waals surface area contributed by atoms with Crippen LogP contribution in [0.4, 0.5) is 5.69 Å². The molecule has 0 unspecified atom stereocenters. The van der Waals surface area contributed by atoms with Crippen LogP contribution in [-0.2, 0) is 0 Å². The SMILES string of the molecule is O=[N+]([O-])c1ccc2sc(Cl)c(O)c2c1. The average Bonchev–Trinajstić information content (AvgIpc) is 2.43. The number of non-ortho nitro benzene ring substituents is 1. The number of aromatic hydroxyl groups is 1. The van der Waals surface area contributed by atoms with E-state index in [1.165, 1.54) is 23.5 Å². The maximum atomic E-state index is 10.5. The molecule has 1 N–H and O–H groups in total. The van der Waals surface area contributed by atoms with Gasteiger partial charge in [-0.25, -0.2) is 0 Å². The monoisotopic (exact) mass is 229 g/mol. The Morgan fingerprint density at radius 3 is 2.86 bits per heavy atom. The number of hydrogen-bond acceptors (Lipinski definition) is 4. The van der Waals surface area contributed by atoms with E-state index >= 15 is 0 Å². The van der Waals surface area contributed by atoms with E-state index in [-0.39, 0.29) is 15.8 Å². The summed E-state index contributed by atoms with van der Waals surface area (Å²) in [5.74, 6) is -0.0876. The summed E-state index contributed by atoms with van der Waals surface area (Å²) in [7, 11) is 0. The van der Waals surface area contributed by atoms with Crippen molar-refractivity contribution in [1.82, 2.24) is 0 Å². The summed E-state index contributed by atoms with van der Waals surface area (Å²) in [6.07, 6.45) is 0. The van der Waals surface area contributed by atoms with Crippen LogP contribution in [0.2, 0.25) is 4.34 Å². The zero-order valence-corrected chi connectivity index (χ0v) is 8.30. The lowest BCUT2D eigenvalue weighted by molar-refractivity contribution is -0.384. The van der Waals surface area contributed by atoms with Gasteiger partial charge in [-0.05, 0) is 6.07 Å². The molecule has 6 heteroatoms. The highest BCUT2D eigenvalue weighted by Gasteiger charge is 2.13. The second kappa shape index (κ2) is 3.11. The predicted molar refractivity (Wildman–Crippen MR) is 55.2 cm³/mol. The highest BCUT2D eigenvalue weighted by atomic mass is 35.5. The van der Waals surface area contributed by atoms with Gasteiger partial charge < -0.3 is 5.11 Å². The zero-order valence-electron chi connectivity index (χ0n) is 6.73. The Morgan fingerprint density at radius 2 is 2.21 bits per heavy atom. The van der Waals surface area contributed by atoms with E-state index in [0.29, 0.717) is 5.39 Å². The maximum Gasteiger partial charge on any atom is 0.270 e. The summed E-state index contributed by atoms with van der Waals surface area (Å²) in [5, 5.41) is 20.3. The maximum absolute atomic E-state index is 10.5. The van der Waals surface area contributed by atoms with Gasteiger partial charge >= 0.3 is 0 Å². The van der Waals surface area contributed by atoms with Crippen molar-refractivity contribution >= 4 is 38.7 Å². The molecule has 72 valence electrons. The van der Waals surface area contributed by atoms with Crippen molar-refractivity contribution < 1.29 is 10.0 Å². The number of fused-ring (bicyclic) bond motifs is 1. The number of benzene rings is 1. The minimum Gasteiger partial charge on any atom is -0.505 e. The van der Waals surface area contributed by atoms with Crippen LogP contribution in [0.25, 0.3) is 10.1 Å². The third kappa shape index (κ3) is 1.30. The van der Waals surface area contributed by atoms with Crippen LogP contribution in [-0.4, -0.2) is 10.0 Å². The van der Waals surface area contributed by atoms with Crippen molar-refractivity contribution in [2.24, 2.45) is 0 Å². The van der Waals surface area contributed by atoms with Crippen LogP contribution in [0.3, 0.4) is 0 Å². The molecule has 0 fully saturated rings. The molecule has 0 bridgehead atoms. The standard InChI is InChI=1S/C8H4ClNO3S/c9-8-7(11)5-3-4(10(12)13)1-2-6(5)14-8/h1-3,11H. The first-order valence-corrected chi connectivity index (χ1v) is 4.84. The minimum absolute atomic E-state index is 0.0535. The summed E-state index contributed by atoms with van der Waals surface area (Å²) in [6.45, 7) is 0. The van der Waals surface area contributed by atoms with Gasteiger partial charge in [0.05, 0.1) is 4.92 Å². The molecule has 14 heavy (non-hydrogen) atoms. The summed E-state index contributed by atoms with van der Waals surface area (Å²) in [5.41, 5.74) is -0.0535. The highest BCUT2D eigenvalue weighted by Crippen LogP contribution is 2.41. The molecule has 1 aromatic carbocycles. The number of rotatable bonds is 1. The molecule has 0 radical (unpaired) electrons. The van der Waals surface area contributed by atoms with Gasteiger partial charge in [0.15, 0.2) is 5.75 Å². The molecule has 0 aliphatic heterocycles. The van der Waals surface area contributed by atoms with E-state index in [1.807, 2.05) is 0 Å². The van der Waals surface area contributed by atoms with E-state index in [1.54, 1.807) is 6.07 Å². The van der Waals surface area contributed by atoms with Crippen LogP contribution >= 0.6 is 22.9 Å². The van der Waals surface area contributed by atoms with Gasteiger partial charge in [-0.3, -0.25) is 10.1 Å². The van der Waals surface area contributed by atoms with Crippen molar-refractivity contribution in [2.75, 3.05) is 0 Å². The Bertz CT molecular complexity index is 523. The van der Waals surface area contributed by atoms with Gasteiger partial charge in [0, 0.05) is 22.2 Å². The Balaban J connectivity index is 2.76. The highest BCUT2D eigenvalue weighted by molar-refractivity contribution is 7.23. The number of halogens is 1. The fraction of sp³-hybridized carbons (Fsp3) is 0. The van der Waals surface area contributed by atoms with Crippen molar-refractivity contribution in [1.29, 1.82) is 0 Å². The van der Waals surface area contributed by atoms with Crippen LogP contribution in [0.5, 0.6) is 5.75 Å². The first kappa shape index (κ1) is 9.23. The van der Waals surface area contributed by atoms with Crippen LogP contribution in [0.1, 0.15) is 0 Å². The molecule has 2 rings (SSSR count). The van der Waals surface area contributed by atoms with Crippen molar-refractivity contribution in [3.63, 3.8) is 0 Å². The zero-order chi connectivity index (χ0) is 10.3. The summed E-state index contributed by atoms with van der Waals surface area (Å²) >= 11 is 6.87. The first-order chi connectivity index (χ1) is 6.59. The summed E-state index contributed by atoms with van der Waals surface area (Å²) < 4.78 is 0.985. The van der Waals surface area contributed by atoms with Crippen LogP contribution in [0.15, 0.2) is 18.2 Å². The molecule has 1 heterocycles. The predicted octanol–water partition coefficient (Wildman–Crippen LogP) is 3.17. The topological polar surface area (TPSA) is 63.4 Å². The average molecular weight is 230 g/mol. The van der Waals surface area contributed by atoms with Gasteiger partial charge in [-0.2, -0.15) is 0 Å². The van der Waals surface area contributed by atoms with E-state index in [9.17, 15) is 15.2 Å². The first-order valence-electron chi connectivity index (χ1n) is 3.65. The number of nitro benzene ring substituents is 1. The van der Waals surface area contributed by atoms with Gasteiger partial charge in [-0.15, -0.1) is 11.3 Å². The fourth-order valence-corrected chi connectivity index (χ4v) is 2.31. The smallest absolute Gasteiger partial charge is 0.270 e. The molecular weight excluding hydrogens is 226 g/mol. The fourth-order valence-electron chi connectivity index (χ4n) is 1.16. The number of hydrogen-bond donors (Lipinski definition) is 1. The van der Waals surface area contributed by atoms with Gasteiger partial charge in [0.2, 0.25) is 0 Å². The third-order valence-electron chi connectivity index (χ3n) is 1.81. The molecule has 0 atom stereocenters. The third-order valence-corrected chi connectivity index (χ3v) is 3.17. The molecule has 0 aliphatic rings. The summed E-state index contributed by atoms with van der Waals surface area (Å²) in [4.78, 5) is 9.95. The molecule has 2 aromatic rings. The Labute approximate surface area is 87.5 Å². The van der Waals surface area contributed by atoms with E-state index in [2.05, 4.69) is 0 Å². The van der Waals surface area contributed by atoms with Gasteiger partial charge in [-0.1, -0.05) is 11.6 Å². The molecular formula is C8H4ClNO3S. The second-order valence-corrected chi connectivity index (χ2v) is 4.32.